The van der Waals surface area contributed by atoms with Gasteiger partial charge in [0, 0.05) is 6.54 Å². The number of fused-ring (bicyclic) bond motifs is 1. The third kappa shape index (κ3) is 2.81. The van der Waals surface area contributed by atoms with Gasteiger partial charge >= 0.3 is 0 Å². The number of rotatable bonds is 4. The number of hydrogen-bond donors (Lipinski definition) is 1. The maximum Gasteiger partial charge on any atom is 0.205 e. The van der Waals surface area contributed by atoms with Crippen molar-refractivity contribution in [3.8, 4) is 11.5 Å². The second-order valence-corrected chi connectivity index (χ2v) is 5.78. The Hall–Kier alpha value is -1.53. The van der Waals surface area contributed by atoms with E-state index in [-0.39, 0.29) is 0 Å². The van der Waals surface area contributed by atoms with E-state index >= 15 is 0 Å². The quantitative estimate of drug-likeness (QED) is 0.940. The molecule has 106 valence electrons. The molecule has 2 aromatic rings. The first-order chi connectivity index (χ1) is 9.76. The van der Waals surface area contributed by atoms with Crippen LogP contribution in [0.2, 0.25) is 5.02 Å². The van der Waals surface area contributed by atoms with Crippen molar-refractivity contribution in [2.75, 3.05) is 18.5 Å². The van der Waals surface area contributed by atoms with Gasteiger partial charge in [-0.1, -0.05) is 29.9 Å². The third-order valence-corrected chi connectivity index (χ3v) is 4.18. The van der Waals surface area contributed by atoms with E-state index in [1.807, 2.05) is 12.1 Å². The summed E-state index contributed by atoms with van der Waals surface area (Å²) in [4.78, 5) is 0. The molecule has 0 saturated carbocycles. The van der Waals surface area contributed by atoms with Crippen LogP contribution in [0.1, 0.15) is 17.5 Å². The lowest BCUT2D eigenvalue weighted by Gasteiger charge is -2.20. The SMILES string of the molecule is CCc1nnc(NCc2cc(Cl)c3c(c2)OCCO3)s1. The van der Waals surface area contributed by atoms with Crippen LogP contribution in [-0.4, -0.2) is 23.4 Å². The Bertz CT molecular complexity index is 618. The van der Waals surface area contributed by atoms with Crippen molar-refractivity contribution in [1.29, 1.82) is 0 Å². The molecule has 1 aromatic heterocycles. The number of aryl methyl sites for hydroxylation is 1. The highest BCUT2D eigenvalue weighted by Gasteiger charge is 2.16. The topological polar surface area (TPSA) is 56.3 Å². The van der Waals surface area contributed by atoms with Gasteiger partial charge in [-0.2, -0.15) is 0 Å². The molecule has 20 heavy (non-hydrogen) atoms. The van der Waals surface area contributed by atoms with Gasteiger partial charge in [-0.3, -0.25) is 0 Å². The lowest BCUT2D eigenvalue weighted by Crippen LogP contribution is -2.16. The van der Waals surface area contributed by atoms with Crippen LogP contribution >= 0.6 is 22.9 Å². The van der Waals surface area contributed by atoms with Gasteiger partial charge in [0.25, 0.3) is 0 Å². The van der Waals surface area contributed by atoms with Crippen molar-refractivity contribution in [3.63, 3.8) is 0 Å². The number of anilines is 1. The van der Waals surface area contributed by atoms with Gasteiger partial charge in [0.1, 0.15) is 18.2 Å². The predicted octanol–water partition coefficient (Wildman–Crippen LogP) is 3.14. The maximum atomic E-state index is 6.20. The van der Waals surface area contributed by atoms with Gasteiger partial charge in [-0.25, -0.2) is 0 Å². The molecule has 0 radical (unpaired) electrons. The molecule has 0 atom stereocenters. The Morgan fingerprint density at radius 3 is 2.95 bits per heavy atom. The fourth-order valence-electron chi connectivity index (χ4n) is 1.91. The molecule has 3 rings (SSSR count). The van der Waals surface area contributed by atoms with E-state index in [1.54, 1.807) is 11.3 Å². The zero-order valence-electron chi connectivity index (χ0n) is 11.0. The molecule has 1 N–H and O–H groups in total. The van der Waals surface area contributed by atoms with Crippen molar-refractivity contribution in [2.45, 2.75) is 19.9 Å². The summed E-state index contributed by atoms with van der Waals surface area (Å²) in [5, 5.41) is 13.8. The highest BCUT2D eigenvalue weighted by atomic mass is 35.5. The predicted molar refractivity (Wildman–Crippen MR) is 79.1 cm³/mol. The molecule has 0 spiro atoms. The van der Waals surface area contributed by atoms with Crippen molar-refractivity contribution in [2.24, 2.45) is 0 Å². The lowest BCUT2D eigenvalue weighted by molar-refractivity contribution is 0.171. The van der Waals surface area contributed by atoms with Crippen molar-refractivity contribution >= 4 is 28.1 Å². The Labute approximate surface area is 125 Å². The summed E-state index contributed by atoms with van der Waals surface area (Å²) in [5.74, 6) is 1.33. The lowest BCUT2D eigenvalue weighted by atomic mass is 10.2. The number of nitrogens with one attached hydrogen (secondary N) is 1. The van der Waals surface area contributed by atoms with Crippen molar-refractivity contribution in [3.05, 3.63) is 27.7 Å². The van der Waals surface area contributed by atoms with Gasteiger partial charge in [0.05, 0.1) is 5.02 Å². The zero-order chi connectivity index (χ0) is 13.9. The van der Waals surface area contributed by atoms with Crippen LogP contribution in [0.25, 0.3) is 0 Å². The van der Waals surface area contributed by atoms with Crippen LogP contribution in [0, 0.1) is 0 Å². The van der Waals surface area contributed by atoms with Crippen molar-refractivity contribution < 1.29 is 9.47 Å². The third-order valence-electron chi connectivity index (χ3n) is 2.87. The van der Waals surface area contributed by atoms with Crippen LogP contribution in [0.5, 0.6) is 11.5 Å². The Balaban J connectivity index is 1.72. The molecule has 0 fully saturated rings. The molecule has 0 unspecified atom stereocenters. The van der Waals surface area contributed by atoms with Gasteiger partial charge in [-0.15, -0.1) is 10.2 Å². The molecule has 1 aliphatic heterocycles. The van der Waals surface area contributed by atoms with Gasteiger partial charge in [-0.05, 0) is 24.1 Å². The monoisotopic (exact) mass is 311 g/mol. The fourth-order valence-corrected chi connectivity index (χ4v) is 2.87. The van der Waals surface area contributed by atoms with Crippen LogP contribution in [-0.2, 0) is 13.0 Å². The molecule has 1 aliphatic rings. The first kappa shape index (κ1) is 13.5. The molecule has 0 amide bonds. The van der Waals surface area contributed by atoms with Crippen LogP contribution in [0.3, 0.4) is 0 Å². The molecule has 5 nitrogen and oxygen atoms in total. The minimum absolute atomic E-state index is 0.537. The van der Waals surface area contributed by atoms with E-state index < -0.39 is 0 Å². The molecular weight excluding hydrogens is 298 g/mol. The van der Waals surface area contributed by atoms with E-state index in [9.17, 15) is 0 Å². The zero-order valence-corrected chi connectivity index (χ0v) is 12.6. The average molecular weight is 312 g/mol. The minimum atomic E-state index is 0.537. The summed E-state index contributed by atoms with van der Waals surface area (Å²) in [6.07, 6.45) is 0.898. The molecule has 0 saturated heterocycles. The Morgan fingerprint density at radius 1 is 1.30 bits per heavy atom. The standard InChI is InChI=1S/C13H14ClN3O2S/c1-2-11-16-17-13(20-11)15-7-8-5-9(14)12-10(6-8)18-3-4-19-12/h5-6H,2-4,7H2,1H3,(H,15,17). The molecule has 2 heterocycles. The summed E-state index contributed by atoms with van der Waals surface area (Å²) in [6.45, 7) is 3.77. The summed E-state index contributed by atoms with van der Waals surface area (Å²) in [6, 6.07) is 3.82. The number of aromatic nitrogens is 2. The molecular formula is C13H14ClN3O2S. The molecule has 0 bridgehead atoms. The second kappa shape index (κ2) is 5.85. The van der Waals surface area contributed by atoms with E-state index in [4.69, 9.17) is 21.1 Å². The smallest absolute Gasteiger partial charge is 0.205 e. The van der Waals surface area contributed by atoms with Crippen LogP contribution in [0.4, 0.5) is 5.13 Å². The van der Waals surface area contributed by atoms with Gasteiger partial charge < -0.3 is 14.8 Å². The fraction of sp³-hybridized carbons (Fsp3) is 0.385. The number of halogens is 1. The van der Waals surface area contributed by atoms with E-state index in [1.165, 1.54) is 0 Å². The normalized spacial score (nSPS) is 13.3. The summed E-state index contributed by atoms with van der Waals surface area (Å²) in [5.41, 5.74) is 1.02. The summed E-state index contributed by atoms with van der Waals surface area (Å²) >= 11 is 7.76. The Kier molecular flexibility index (Phi) is 3.93. The summed E-state index contributed by atoms with van der Waals surface area (Å²) < 4.78 is 11.0. The van der Waals surface area contributed by atoms with Crippen LogP contribution < -0.4 is 14.8 Å². The number of benzene rings is 1. The largest absolute Gasteiger partial charge is 0.486 e. The number of hydrogen-bond acceptors (Lipinski definition) is 6. The number of nitrogens with zero attached hydrogens (tertiary/aromatic N) is 2. The van der Waals surface area contributed by atoms with Gasteiger partial charge in [0.2, 0.25) is 5.13 Å². The molecule has 1 aromatic carbocycles. The average Bonchev–Trinajstić information content (AvgIpc) is 2.93. The van der Waals surface area contributed by atoms with Crippen LogP contribution in [0.15, 0.2) is 12.1 Å². The Morgan fingerprint density at radius 2 is 2.15 bits per heavy atom. The first-order valence-electron chi connectivity index (χ1n) is 6.40. The summed E-state index contributed by atoms with van der Waals surface area (Å²) in [7, 11) is 0. The molecule has 0 aliphatic carbocycles. The van der Waals surface area contributed by atoms with E-state index in [0.29, 0.717) is 36.3 Å². The van der Waals surface area contributed by atoms with E-state index in [2.05, 4.69) is 22.4 Å². The number of ether oxygens (including phenoxy) is 2. The minimum Gasteiger partial charge on any atom is -0.486 e. The van der Waals surface area contributed by atoms with E-state index in [0.717, 1.165) is 22.1 Å². The second-order valence-electron chi connectivity index (χ2n) is 4.31. The van der Waals surface area contributed by atoms with Crippen molar-refractivity contribution in [1.82, 2.24) is 10.2 Å². The highest BCUT2D eigenvalue weighted by molar-refractivity contribution is 7.15. The molecule has 7 heteroatoms. The van der Waals surface area contributed by atoms with Gasteiger partial charge in [0.15, 0.2) is 11.5 Å². The maximum absolute atomic E-state index is 6.20. The highest BCUT2D eigenvalue weighted by Crippen LogP contribution is 2.38. The first-order valence-corrected chi connectivity index (χ1v) is 7.60.